The Hall–Kier alpha value is -0.450. The summed E-state index contributed by atoms with van der Waals surface area (Å²) in [7, 11) is 0. The van der Waals surface area contributed by atoms with Gasteiger partial charge in [0.25, 0.3) is 0 Å². The Morgan fingerprint density at radius 2 is 2.00 bits per heavy atom. The summed E-state index contributed by atoms with van der Waals surface area (Å²) in [5.41, 5.74) is 1.28. The summed E-state index contributed by atoms with van der Waals surface area (Å²) in [4.78, 5) is 5.81. The highest BCUT2D eigenvalue weighted by Gasteiger charge is 2.23. The second-order valence-corrected chi connectivity index (χ2v) is 6.85. The SMILES string of the molecule is Cc1nc(CN[C@@H](CCO)C(C)(C)C)sc1C. The molecular weight excluding hydrogens is 232 g/mol. The van der Waals surface area contributed by atoms with Gasteiger partial charge in [0.05, 0.1) is 5.69 Å². The van der Waals surface area contributed by atoms with E-state index in [1.54, 1.807) is 11.3 Å². The molecule has 0 saturated carbocycles. The van der Waals surface area contributed by atoms with Gasteiger partial charge in [-0.25, -0.2) is 4.98 Å². The molecule has 1 aromatic rings. The molecule has 0 bridgehead atoms. The zero-order valence-corrected chi connectivity index (χ0v) is 12.3. The van der Waals surface area contributed by atoms with E-state index in [4.69, 9.17) is 5.11 Å². The standard InChI is InChI=1S/C13H24N2OS/c1-9-10(2)17-12(15-9)8-14-11(6-7-16)13(3,4)5/h11,14,16H,6-8H2,1-5H3/t11-/m0/s1. The van der Waals surface area contributed by atoms with Crippen molar-refractivity contribution in [3.05, 3.63) is 15.6 Å². The van der Waals surface area contributed by atoms with Crippen molar-refractivity contribution in [2.45, 2.75) is 53.6 Å². The van der Waals surface area contributed by atoms with Gasteiger partial charge < -0.3 is 10.4 Å². The number of hydrogen-bond acceptors (Lipinski definition) is 4. The van der Waals surface area contributed by atoms with Crippen molar-refractivity contribution in [3.8, 4) is 0 Å². The van der Waals surface area contributed by atoms with Crippen molar-refractivity contribution in [2.24, 2.45) is 5.41 Å². The number of aliphatic hydroxyl groups is 1. The van der Waals surface area contributed by atoms with Gasteiger partial charge in [0.1, 0.15) is 5.01 Å². The highest BCUT2D eigenvalue weighted by Crippen LogP contribution is 2.23. The number of rotatable bonds is 5. The van der Waals surface area contributed by atoms with Gasteiger partial charge in [-0.05, 0) is 25.7 Å². The van der Waals surface area contributed by atoms with Crippen LogP contribution >= 0.6 is 11.3 Å². The largest absolute Gasteiger partial charge is 0.396 e. The Bertz CT molecular complexity index is 335. The lowest BCUT2D eigenvalue weighted by molar-refractivity contribution is 0.196. The third-order valence-corrected chi connectivity index (χ3v) is 4.11. The first-order valence-electron chi connectivity index (χ1n) is 6.11. The number of nitrogens with zero attached hydrogens (tertiary/aromatic N) is 1. The Labute approximate surface area is 108 Å². The maximum Gasteiger partial charge on any atom is 0.107 e. The maximum absolute atomic E-state index is 9.09. The van der Waals surface area contributed by atoms with Gasteiger partial charge in [-0.15, -0.1) is 11.3 Å². The maximum atomic E-state index is 9.09. The molecule has 0 fully saturated rings. The van der Waals surface area contributed by atoms with Crippen molar-refractivity contribution in [1.82, 2.24) is 10.3 Å². The molecule has 98 valence electrons. The third kappa shape index (κ3) is 4.37. The molecule has 0 aromatic carbocycles. The van der Waals surface area contributed by atoms with Crippen molar-refractivity contribution >= 4 is 11.3 Å². The normalized spacial score (nSPS) is 14.0. The van der Waals surface area contributed by atoms with Crippen LogP contribution in [-0.4, -0.2) is 22.7 Å². The van der Waals surface area contributed by atoms with Gasteiger partial charge in [0, 0.05) is 24.1 Å². The fourth-order valence-corrected chi connectivity index (χ4v) is 2.68. The minimum atomic E-state index is 0.157. The molecule has 0 saturated heterocycles. The topological polar surface area (TPSA) is 45.2 Å². The minimum absolute atomic E-state index is 0.157. The average molecular weight is 256 g/mol. The number of nitrogens with one attached hydrogen (secondary N) is 1. The van der Waals surface area contributed by atoms with Crippen LogP contribution in [0.4, 0.5) is 0 Å². The summed E-state index contributed by atoms with van der Waals surface area (Å²) in [6, 6.07) is 0.317. The first-order valence-corrected chi connectivity index (χ1v) is 6.93. The molecular formula is C13H24N2OS. The zero-order valence-electron chi connectivity index (χ0n) is 11.5. The van der Waals surface area contributed by atoms with Crippen LogP contribution in [0.15, 0.2) is 0 Å². The molecule has 1 aromatic heterocycles. The van der Waals surface area contributed by atoms with Gasteiger partial charge in [-0.1, -0.05) is 20.8 Å². The fourth-order valence-electron chi connectivity index (χ4n) is 1.80. The summed E-state index contributed by atoms with van der Waals surface area (Å²) < 4.78 is 0. The van der Waals surface area contributed by atoms with E-state index >= 15 is 0 Å². The highest BCUT2D eigenvalue weighted by molar-refractivity contribution is 7.11. The lowest BCUT2D eigenvalue weighted by Gasteiger charge is -2.31. The highest BCUT2D eigenvalue weighted by atomic mass is 32.1. The second-order valence-electron chi connectivity index (χ2n) is 5.56. The number of aliphatic hydroxyl groups excluding tert-OH is 1. The Kier molecular flexibility index (Phi) is 5.10. The van der Waals surface area contributed by atoms with E-state index in [0.717, 1.165) is 23.7 Å². The summed E-state index contributed by atoms with van der Waals surface area (Å²) >= 11 is 1.75. The molecule has 0 aliphatic heterocycles. The van der Waals surface area contributed by atoms with E-state index in [9.17, 15) is 0 Å². The molecule has 2 N–H and O–H groups in total. The van der Waals surface area contributed by atoms with Crippen molar-refractivity contribution in [2.75, 3.05) is 6.61 Å². The number of hydrogen-bond donors (Lipinski definition) is 2. The third-order valence-electron chi connectivity index (χ3n) is 3.04. The summed E-state index contributed by atoms with van der Waals surface area (Å²) in [6.45, 7) is 11.7. The van der Waals surface area contributed by atoms with Crippen LogP contribution in [-0.2, 0) is 6.54 Å². The molecule has 0 aliphatic rings. The predicted octanol–water partition coefficient (Wildman–Crippen LogP) is 2.65. The van der Waals surface area contributed by atoms with Crippen LogP contribution in [0.25, 0.3) is 0 Å². The van der Waals surface area contributed by atoms with Crippen LogP contribution < -0.4 is 5.32 Å². The smallest absolute Gasteiger partial charge is 0.107 e. The molecule has 0 unspecified atom stereocenters. The van der Waals surface area contributed by atoms with Crippen LogP contribution in [0.2, 0.25) is 0 Å². The summed E-state index contributed by atoms with van der Waals surface area (Å²) in [6.07, 6.45) is 0.785. The Morgan fingerprint density at radius 3 is 2.41 bits per heavy atom. The lowest BCUT2D eigenvalue weighted by Crippen LogP contribution is -2.40. The summed E-state index contributed by atoms with van der Waals surface area (Å²) in [5.74, 6) is 0. The first-order chi connectivity index (χ1) is 7.84. The molecule has 0 radical (unpaired) electrons. The van der Waals surface area contributed by atoms with Crippen LogP contribution in [0.3, 0.4) is 0 Å². The second kappa shape index (κ2) is 5.94. The molecule has 0 amide bonds. The quantitative estimate of drug-likeness (QED) is 0.851. The van der Waals surface area contributed by atoms with Crippen molar-refractivity contribution in [3.63, 3.8) is 0 Å². The van der Waals surface area contributed by atoms with Crippen LogP contribution in [0.1, 0.15) is 42.8 Å². The number of thiazole rings is 1. The van der Waals surface area contributed by atoms with E-state index in [1.807, 2.05) is 6.92 Å². The number of aromatic nitrogens is 1. The van der Waals surface area contributed by atoms with Gasteiger partial charge in [-0.2, -0.15) is 0 Å². The molecule has 1 rings (SSSR count). The average Bonchev–Trinajstić information content (AvgIpc) is 2.51. The number of aryl methyl sites for hydroxylation is 2. The molecule has 0 spiro atoms. The Morgan fingerprint density at radius 1 is 1.35 bits per heavy atom. The Balaban J connectivity index is 2.57. The molecule has 1 atom stereocenters. The van der Waals surface area contributed by atoms with E-state index < -0.39 is 0 Å². The lowest BCUT2D eigenvalue weighted by atomic mass is 9.85. The molecule has 1 heterocycles. The zero-order chi connectivity index (χ0) is 13.1. The first kappa shape index (κ1) is 14.6. The van der Waals surface area contributed by atoms with Crippen molar-refractivity contribution < 1.29 is 5.11 Å². The summed E-state index contributed by atoms with van der Waals surface area (Å²) in [5, 5.41) is 13.7. The minimum Gasteiger partial charge on any atom is -0.396 e. The fraction of sp³-hybridized carbons (Fsp3) is 0.769. The van der Waals surface area contributed by atoms with E-state index in [-0.39, 0.29) is 12.0 Å². The van der Waals surface area contributed by atoms with Crippen molar-refractivity contribution in [1.29, 1.82) is 0 Å². The van der Waals surface area contributed by atoms with Gasteiger partial charge >= 0.3 is 0 Å². The van der Waals surface area contributed by atoms with E-state index in [0.29, 0.717) is 6.04 Å². The van der Waals surface area contributed by atoms with E-state index in [2.05, 4.69) is 38.0 Å². The van der Waals surface area contributed by atoms with Gasteiger partial charge in [0.2, 0.25) is 0 Å². The molecule has 4 heteroatoms. The van der Waals surface area contributed by atoms with Crippen LogP contribution in [0.5, 0.6) is 0 Å². The molecule has 3 nitrogen and oxygen atoms in total. The van der Waals surface area contributed by atoms with Gasteiger partial charge in [-0.3, -0.25) is 0 Å². The van der Waals surface area contributed by atoms with E-state index in [1.165, 1.54) is 4.88 Å². The monoisotopic (exact) mass is 256 g/mol. The van der Waals surface area contributed by atoms with Crippen LogP contribution in [0, 0.1) is 19.3 Å². The molecule has 0 aliphatic carbocycles. The molecule has 17 heavy (non-hydrogen) atoms. The predicted molar refractivity (Wildman–Crippen MR) is 73.4 cm³/mol. The van der Waals surface area contributed by atoms with Gasteiger partial charge in [0.15, 0.2) is 0 Å².